The lowest BCUT2D eigenvalue weighted by Gasteiger charge is -2.11. The highest BCUT2D eigenvalue weighted by Gasteiger charge is 2.31. The predicted octanol–water partition coefficient (Wildman–Crippen LogP) is 4.99. The van der Waals surface area contributed by atoms with E-state index < -0.39 is 24.5 Å². The Morgan fingerprint density at radius 2 is 1.64 bits per heavy atom. The highest BCUT2D eigenvalue weighted by atomic mass is 19.4. The van der Waals surface area contributed by atoms with Crippen molar-refractivity contribution in [1.29, 1.82) is 0 Å². The maximum Gasteiger partial charge on any atom is 0.573 e. The van der Waals surface area contributed by atoms with Gasteiger partial charge in [-0.2, -0.15) is 8.78 Å². The van der Waals surface area contributed by atoms with Crippen LogP contribution in [0.3, 0.4) is 0 Å². The van der Waals surface area contributed by atoms with E-state index in [-0.39, 0.29) is 16.9 Å². The molecule has 0 atom stereocenters. The third-order valence-electron chi connectivity index (χ3n) is 2.54. The minimum Gasteiger partial charge on any atom is -0.435 e. The first-order chi connectivity index (χ1) is 10.2. The van der Waals surface area contributed by atoms with E-state index in [0.717, 1.165) is 30.3 Å². The van der Waals surface area contributed by atoms with Crippen molar-refractivity contribution in [3.63, 3.8) is 0 Å². The molecule has 0 aliphatic heterocycles. The van der Waals surface area contributed by atoms with Crippen molar-refractivity contribution in [1.82, 2.24) is 0 Å². The molecule has 0 saturated carbocycles. The molecule has 22 heavy (non-hydrogen) atoms. The molecule has 118 valence electrons. The number of benzene rings is 2. The minimum absolute atomic E-state index is 0.0268. The summed E-state index contributed by atoms with van der Waals surface area (Å²) in [6.45, 7) is -3.10. The standard InChI is InChI=1S/C14H8F6O2/c15-12-5-4-9(21-13(16)17)7-11(12)8-2-1-3-10(6-8)22-14(18,19)20/h1-7,13H. The summed E-state index contributed by atoms with van der Waals surface area (Å²) < 4.78 is 82.4. The van der Waals surface area contributed by atoms with E-state index in [1.165, 1.54) is 12.1 Å². The minimum atomic E-state index is -4.89. The predicted molar refractivity (Wildman–Crippen MR) is 65.2 cm³/mol. The van der Waals surface area contributed by atoms with Crippen molar-refractivity contribution in [2.24, 2.45) is 0 Å². The first-order valence-corrected chi connectivity index (χ1v) is 5.85. The van der Waals surface area contributed by atoms with Crippen molar-refractivity contribution in [2.75, 3.05) is 0 Å². The van der Waals surface area contributed by atoms with Gasteiger partial charge in [0.25, 0.3) is 0 Å². The third kappa shape index (κ3) is 4.31. The van der Waals surface area contributed by atoms with Crippen molar-refractivity contribution in [3.8, 4) is 22.6 Å². The van der Waals surface area contributed by atoms with Crippen LogP contribution in [0, 0.1) is 5.82 Å². The fourth-order valence-corrected chi connectivity index (χ4v) is 1.76. The number of halogens is 6. The fourth-order valence-electron chi connectivity index (χ4n) is 1.76. The molecular formula is C14H8F6O2. The molecule has 0 fully saturated rings. The molecule has 0 aromatic heterocycles. The van der Waals surface area contributed by atoms with Gasteiger partial charge in [0.15, 0.2) is 0 Å². The maximum absolute atomic E-state index is 13.8. The Hall–Kier alpha value is -2.38. The van der Waals surface area contributed by atoms with Gasteiger partial charge in [0.2, 0.25) is 0 Å². The van der Waals surface area contributed by atoms with Gasteiger partial charge in [-0.15, -0.1) is 13.2 Å². The summed E-state index contributed by atoms with van der Waals surface area (Å²) in [7, 11) is 0. The van der Waals surface area contributed by atoms with Gasteiger partial charge in [-0.25, -0.2) is 4.39 Å². The van der Waals surface area contributed by atoms with Crippen molar-refractivity contribution in [2.45, 2.75) is 13.0 Å². The normalized spacial score (nSPS) is 11.6. The van der Waals surface area contributed by atoms with Gasteiger partial charge >= 0.3 is 13.0 Å². The first-order valence-electron chi connectivity index (χ1n) is 5.85. The van der Waals surface area contributed by atoms with Crippen molar-refractivity contribution >= 4 is 0 Å². The summed E-state index contributed by atoms with van der Waals surface area (Å²) in [5.74, 6) is -1.66. The number of alkyl halides is 5. The quantitative estimate of drug-likeness (QED) is 0.738. The second-order valence-electron chi connectivity index (χ2n) is 4.10. The van der Waals surface area contributed by atoms with E-state index in [1.807, 2.05) is 0 Å². The molecule has 0 bridgehead atoms. The highest BCUT2D eigenvalue weighted by molar-refractivity contribution is 5.67. The molecule has 0 amide bonds. The van der Waals surface area contributed by atoms with Crippen molar-refractivity contribution in [3.05, 3.63) is 48.3 Å². The van der Waals surface area contributed by atoms with Gasteiger partial charge in [0.1, 0.15) is 17.3 Å². The summed E-state index contributed by atoms with van der Waals surface area (Å²) in [4.78, 5) is 0. The Morgan fingerprint density at radius 1 is 0.909 bits per heavy atom. The zero-order valence-electron chi connectivity index (χ0n) is 10.7. The van der Waals surface area contributed by atoms with E-state index in [4.69, 9.17) is 0 Å². The highest BCUT2D eigenvalue weighted by Crippen LogP contribution is 2.31. The number of hydrogen-bond donors (Lipinski definition) is 0. The van der Waals surface area contributed by atoms with Gasteiger partial charge in [-0.05, 0) is 35.9 Å². The van der Waals surface area contributed by atoms with Crippen LogP contribution < -0.4 is 9.47 Å². The maximum atomic E-state index is 13.8. The molecule has 0 unspecified atom stereocenters. The molecule has 0 heterocycles. The molecule has 0 N–H and O–H groups in total. The Bertz CT molecular complexity index is 654. The van der Waals surface area contributed by atoms with E-state index in [0.29, 0.717) is 0 Å². The number of ether oxygens (including phenoxy) is 2. The van der Waals surface area contributed by atoms with Crippen LogP contribution in [-0.4, -0.2) is 13.0 Å². The summed E-state index contributed by atoms with van der Waals surface area (Å²) in [5.41, 5.74) is -0.162. The molecule has 0 aliphatic rings. The Kier molecular flexibility index (Phi) is 4.48. The first kappa shape index (κ1) is 16.0. The van der Waals surface area contributed by atoms with Crippen LogP contribution in [-0.2, 0) is 0 Å². The van der Waals surface area contributed by atoms with Gasteiger partial charge < -0.3 is 9.47 Å². The number of rotatable bonds is 4. The SMILES string of the molecule is Fc1ccc(OC(F)F)cc1-c1cccc(OC(F)(F)F)c1. The zero-order chi connectivity index (χ0) is 16.3. The molecule has 0 aliphatic carbocycles. The molecule has 2 aromatic carbocycles. The second-order valence-corrected chi connectivity index (χ2v) is 4.10. The topological polar surface area (TPSA) is 18.5 Å². The lowest BCUT2D eigenvalue weighted by Crippen LogP contribution is -2.17. The molecule has 0 spiro atoms. The molecule has 2 aromatic rings. The third-order valence-corrected chi connectivity index (χ3v) is 2.54. The van der Waals surface area contributed by atoms with Crippen LogP contribution in [0.15, 0.2) is 42.5 Å². The van der Waals surface area contributed by atoms with Crippen LogP contribution in [0.5, 0.6) is 11.5 Å². The van der Waals surface area contributed by atoms with Gasteiger partial charge in [-0.1, -0.05) is 12.1 Å². The Labute approximate surface area is 120 Å². The average molecular weight is 322 g/mol. The molecular weight excluding hydrogens is 314 g/mol. The van der Waals surface area contributed by atoms with Crippen LogP contribution in [0.4, 0.5) is 26.3 Å². The lowest BCUT2D eigenvalue weighted by molar-refractivity contribution is -0.274. The van der Waals surface area contributed by atoms with Crippen molar-refractivity contribution < 1.29 is 35.8 Å². The average Bonchev–Trinajstić information content (AvgIpc) is 2.39. The van der Waals surface area contributed by atoms with E-state index in [1.54, 1.807) is 0 Å². The summed E-state index contributed by atoms with van der Waals surface area (Å²) in [5, 5.41) is 0. The molecule has 2 rings (SSSR count). The monoisotopic (exact) mass is 322 g/mol. The van der Waals surface area contributed by atoms with Crippen LogP contribution >= 0.6 is 0 Å². The van der Waals surface area contributed by atoms with Crippen LogP contribution in [0.25, 0.3) is 11.1 Å². The molecule has 8 heteroatoms. The molecule has 0 saturated heterocycles. The summed E-state index contributed by atoms with van der Waals surface area (Å²) >= 11 is 0. The number of hydrogen-bond acceptors (Lipinski definition) is 2. The van der Waals surface area contributed by atoms with E-state index in [9.17, 15) is 26.3 Å². The Morgan fingerprint density at radius 3 is 2.27 bits per heavy atom. The van der Waals surface area contributed by atoms with Gasteiger partial charge in [0, 0.05) is 5.56 Å². The second kappa shape index (κ2) is 6.17. The van der Waals surface area contributed by atoms with Gasteiger partial charge in [-0.3, -0.25) is 0 Å². The fraction of sp³-hybridized carbons (Fsp3) is 0.143. The van der Waals surface area contributed by atoms with Gasteiger partial charge in [0.05, 0.1) is 0 Å². The summed E-state index contributed by atoms with van der Waals surface area (Å²) in [6, 6.07) is 7.34. The van der Waals surface area contributed by atoms with E-state index in [2.05, 4.69) is 9.47 Å². The zero-order valence-corrected chi connectivity index (χ0v) is 10.7. The Balaban J connectivity index is 2.37. The van der Waals surface area contributed by atoms with Crippen LogP contribution in [0.1, 0.15) is 0 Å². The summed E-state index contributed by atoms with van der Waals surface area (Å²) in [6.07, 6.45) is -4.89. The lowest BCUT2D eigenvalue weighted by atomic mass is 10.0. The molecule has 0 radical (unpaired) electrons. The smallest absolute Gasteiger partial charge is 0.435 e. The largest absolute Gasteiger partial charge is 0.573 e. The molecule has 2 nitrogen and oxygen atoms in total. The van der Waals surface area contributed by atoms with E-state index >= 15 is 0 Å². The van der Waals surface area contributed by atoms with Crippen LogP contribution in [0.2, 0.25) is 0 Å².